The van der Waals surface area contributed by atoms with Crippen LogP contribution in [0.4, 0.5) is 6.01 Å². The van der Waals surface area contributed by atoms with Gasteiger partial charge in [0.1, 0.15) is 0 Å². The van der Waals surface area contributed by atoms with Gasteiger partial charge < -0.3 is 14.5 Å². The molecule has 3 unspecified atom stereocenters. The number of anilines is 1. The van der Waals surface area contributed by atoms with Gasteiger partial charge >= 0.3 is 6.01 Å². The first kappa shape index (κ1) is 19.1. The van der Waals surface area contributed by atoms with Gasteiger partial charge in [-0.2, -0.15) is 4.98 Å². The van der Waals surface area contributed by atoms with E-state index < -0.39 is 17.2 Å². The van der Waals surface area contributed by atoms with Gasteiger partial charge in [-0.25, -0.2) is 4.21 Å². The molecule has 2 heterocycles. The highest BCUT2D eigenvalue weighted by Crippen LogP contribution is 2.24. The summed E-state index contributed by atoms with van der Waals surface area (Å²) in [6.07, 6.45) is 1.66. The first-order chi connectivity index (χ1) is 10.5. The highest BCUT2D eigenvalue weighted by molar-refractivity contribution is 7.79. The third kappa shape index (κ3) is 5.33. The second-order valence-corrected chi connectivity index (χ2v) is 6.38. The van der Waals surface area contributed by atoms with E-state index in [9.17, 15) is 9.32 Å². The Kier molecular flexibility index (Phi) is 7.98. The summed E-state index contributed by atoms with van der Waals surface area (Å²) in [6, 6.07) is 0.450. The van der Waals surface area contributed by atoms with Gasteiger partial charge in [-0.05, 0) is 6.42 Å². The van der Waals surface area contributed by atoms with E-state index in [4.69, 9.17) is 8.71 Å². The van der Waals surface area contributed by atoms with E-state index in [-0.39, 0.29) is 11.8 Å². The zero-order chi connectivity index (χ0) is 16.7. The van der Waals surface area contributed by atoms with Crippen LogP contribution in [-0.2, 0) is 15.3 Å². The first-order valence-electron chi connectivity index (χ1n) is 7.70. The molecule has 128 valence electrons. The summed E-state index contributed by atoms with van der Waals surface area (Å²) in [5.74, 6) is 0.867. The second kappa shape index (κ2) is 9.22. The van der Waals surface area contributed by atoms with Crippen LogP contribution in [-0.4, -0.2) is 51.5 Å². The SMILES string of the molecule is CC.CC(C)c1noc(N2CCC(COS(C)=O)C(O)C2)n1. The molecular weight excluding hydrogens is 306 g/mol. The fourth-order valence-electron chi connectivity index (χ4n) is 2.12. The van der Waals surface area contributed by atoms with Crippen molar-refractivity contribution in [3.05, 3.63) is 5.82 Å². The van der Waals surface area contributed by atoms with E-state index in [1.807, 2.05) is 32.6 Å². The average molecular weight is 333 g/mol. The number of nitrogens with zero attached hydrogens (tertiary/aromatic N) is 3. The maximum Gasteiger partial charge on any atom is 0.324 e. The van der Waals surface area contributed by atoms with Crippen LogP contribution in [0.25, 0.3) is 0 Å². The summed E-state index contributed by atoms with van der Waals surface area (Å²) in [7, 11) is 0. The van der Waals surface area contributed by atoms with Crippen molar-refractivity contribution in [3.8, 4) is 0 Å². The Morgan fingerprint density at radius 2 is 2.18 bits per heavy atom. The Morgan fingerprint density at radius 1 is 1.50 bits per heavy atom. The summed E-state index contributed by atoms with van der Waals surface area (Å²) in [5, 5.41) is 14.0. The maximum atomic E-state index is 10.9. The maximum absolute atomic E-state index is 10.9. The molecular formula is C14H27N3O4S. The number of hydrogen-bond acceptors (Lipinski definition) is 7. The van der Waals surface area contributed by atoms with Gasteiger partial charge in [0.05, 0.1) is 12.7 Å². The van der Waals surface area contributed by atoms with Crippen molar-refractivity contribution in [1.82, 2.24) is 10.1 Å². The summed E-state index contributed by atoms with van der Waals surface area (Å²) in [4.78, 5) is 6.20. The fourth-order valence-corrected chi connectivity index (χ4v) is 2.49. The largest absolute Gasteiger partial charge is 0.391 e. The van der Waals surface area contributed by atoms with Crippen LogP contribution < -0.4 is 4.90 Å². The van der Waals surface area contributed by atoms with Gasteiger partial charge in [-0.1, -0.05) is 32.9 Å². The van der Waals surface area contributed by atoms with Crippen LogP contribution in [0, 0.1) is 5.92 Å². The monoisotopic (exact) mass is 333 g/mol. The summed E-state index contributed by atoms with van der Waals surface area (Å²) in [5.41, 5.74) is 0. The zero-order valence-corrected chi connectivity index (χ0v) is 14.8. The molecule has 0 aromatic carbocycles. The molecule has 1 aliphatic rings. The minimum atomic E-state index is -1.29. The number of piperidine rings is 1. The normalized spacial score (nSPS) is 23.1. The van der Waals surface area contributed by atoms with Crippen molar-refractivity contribution in [2.45, 2.75) is 46.1 Å². The minimum Gasteiger partial charge on any atom is -0.391 e. The molecule has 0 aliphatic carbocycles. The topological polar surface area (TPSA) is 88.7 Å². The lowest BCUT2D eigenvalue weighted by molar-refractivity contribution is 0.0638. The molecule has 1 saturated heterocycles. The van der Waals surface area contributed by atoms with Gasteiger partial charge in [0.15, 0.2) is 16.9 Å². The molecule has 1 aromatic rings. The van der Waals surface area contributed by atoms with E-state index in [1.54, 1.807) is 0 Å². The van der Waals surface area contributed by atoms with Crippen LogP contribution >= 0.6 is 0 Å². The van der Waals surface area contributed by atoms with Gasteiger partial charge in [0, 0.05) is 31.2 Å². The quantitative estimate of drug-likeness (QED) is 0.877. The lowest BCUT2D eigenvalue weighted by Crippen LogP contribution is -2.45. The van der Waals surface area contributed by atoms with E-state index >= 15 is 0 Å². The molecule has 22 heavy (non-hydrogen) atoms. The van der Waals surface area contributed by atoms with Crippen molar-refractivity contribution < 1.29 is 18.0 Å². The first-order valence-corrected chi connectivity index (χ1v) is 9.19. The predicted molar refractivity (Wildman–Crippen MR) is 86.1 cm³/mol. The van der Waals surface area contributed by atoms with Crippen molar-refractivity contribution in [3.63, 3.8) is 0 Å². The molecule has 7 nitrogen and oxygen atoms in total. The van der Waals surface area contributed by atoms with Gasteiger partial charge in [-0.15, -0.1) is 0 Å². The molecule has 2 rings (SSSR count). The second-order valence-electron chi connectivity index (χ2n) is 5.34. The van der Waals surface area contributed by atoms with Crippen LogP contribution in [0.1, 0.15) is 45.9 Å². The van der Waals surface area contributed by atoms with Crippen LogP contribution in [0.2, 0.25) is 0 Å². The summed E-state index contributed by atoms with van der Waals surface area (Å²) >= 11 is -1.29. The minimum absolute atomic E-state index is 0.0114. The number of aliphatic hydroxyl groups excluding tert-OH is 1. The van der Waals surface area contributed by atoms with E-state index in [0.717, 1.165) is 6.42 Å². The molecule has 0 bridgehead atoms. The third-order valence-corrected chi connectivity index (χ3v) is 3.86. The van der Waals surface area contributed by atoms with Crippen molar-refractivity contribution in [1.29, 1.82) is 0 Å². The van der Waals surface area contributed by atoms with Gasteiger partial charge in [0.25, 0.3) is 0 Å². The highest BCUT2D eigenvalue weighted by Gasteiger charge is 2.30. The molecule has 1 aromatic heterocycles. The number of rotatable bonds is 5. The van der Waals surface area contributed by atoms with Gasteiger partial charge in [-0.3, -0.25) is 4.18 Å². The number of aromatic nitrogens is 2. The third-order valence-electron chi connectivity index (χ3n) is 3.39. The Balaban J connectivity index is 0.00000116. The number of hydrogen-bond donors (Lipinski definition) is 1. The Morgan fingerprint density at radius 3 is 2.68 bits per heavy atom. The van der Waals surface area contributed by atoms with E-state index in [1.165, 1.54) is 6.26 Å². The predicted octanol–water partition coefficient (Wildman–Crippen LogP) is 1.72. The molecule has 0 radical (unpaired) electrons. The van der Waals surface area contributed by atoms with Gasteiger partial charge in [0.2, 0.25) is 0 Å². The summed E-state index contributed by atoms with van der Waals surface area (Å²) in [6.45, 7) is 9.43. The highest BCUT2D eigenvalue weighted by atomic mass is 32.2. The molecule has 8 heteroatoms. The molecule has 0 amide bonds. The lowest BCUT2D eigenvalue weighted by Gasteiger charge is -2.34. The molecule has 1 N–H and O–H groups in total. The van der Waals surface area contributed by atoms with Crippen LogP contribution in [0.3, 0.4) is 0 Å². The molecule has 0 saturated carbocycles. The van der Waals surface area contributed by atoms with Crippen molar-refractivity contribution in [2.75, 3.05) is 30.9 Å². The standard InChI is InChI=1S/C12H21N3O4S.C2H6/c1-8(2)11-13-12(19-14-11)15-5-4-9(10(16)6-15)7-18-20(3)17;1-2/h8-10,16H,4-7H2,1-3H3;1-2H3. The van der Waals surface area contributed by atoms with E-state index in [2.05, 4.69) is 10.1 Å². The molecule has 1 fully saturated rings. The van der Waals surface area contributed by atoms with Crippen LogP contribution in [0.15, 0.2) is 4.52 Å². The molecule has 0 spiro atoms. The fraction of sp³-hybridized carbons (Fsp3) is 0.857. The Hall–Kier alpha value is -0.990. The Labute approximate surface area is 134 Å². The molecule has 3 atom stereocenters. The zero-order valence-electron chi connectivity index (χ0n) is 14.0. The smallest absolute Gasteiger partial charge is 0.324 e. The van der Waals surface area contributed by atoms with Crippen LogP contribution in [0.5, 0.6) is 0 Å². The number of β-amino-alcohol motifs (C(OH)–C–C–N with tert-alkyl or cyclic N) is 1. The van der Waals surface area contributed by atoms with E-state index in [0.29, 0.717) is 31.5 Å². The van der Waals surface area contributed by atoms with Crippen molar-refractivity contribution in [2.24, 2.45) is 5.92 Å². The number of aliphatic hydroxyl groups is 1. The Bertz CT molecular complexity index is 467. The average Bonchev–Trinajstić information content (AvgIpc) is 2.98. The molecule has 1 aliphatic heterocycles. The lowest BCUT2D eigenvalue weighted by atomic mass is 9.95. The summed E-state index contributed by atoms with van der Waals surface area (Å²) < 4.78 is 21.2. The van der Waals surface area contributed by atoms with Crippen molar-refractivity contribution >= 4 is 17.1 Å².